The van der Waals surface area contributed by atoms with Crippen LogP contribution in [0.4, 0.5) is 10.5 Å². The Balaban J connectivity index is 1.79. The number of amides is 3. The average molecular weight is 481 g/mol. The normalized spacial score (nSPS) is 13.3. The maximum absolute atomic E-state index is 13.9. The summed E-state index contributed by atoms with van der Waals surface area (Å²) in [5.41, 5.74) is 6.70. The first-order valence-electron chi connectivity index (χ1n) is 12.4. The summed E-state index contributed by atoms with van der Waals surface area (Å²) in [5.74, 6) is 0.00457. The van der Waals surface area contributed by atoms with Crippen LogP contribution in [-0.2, 0) is 4.79 Å². The number of imide groups is 1. The molecule has 0 atom stereocenters. The fourth-order valence-electron chi connectivity index (χ4n) is 4.54. The first kappa shape index (κ1) is 25.0. The fraction of sp³-hybridized carbons (Fsp3) is 0.258. The Morgan fingerprint density at radius 1 is 0.833 bits per heavy atom. The summed E-state index contributed by atoms with van der Waals surface area (Å²) >= 11 is 0. The maximum atomic E-state index is 13.9. The Labute approximate surface area is 213 Å². The molecule has 0 spiro atoms. The Bertz CT molecular complexity index is 1210. The second-order valence-corrected chi connectivity index (χ2v) is 8.95. The SMILES string of the molecule is COc1ccccc1N(C(=O)NC1CCCCC1)C(=O)C(C)=C=C(c1ccccc1)c1ccccc1. The Morgan fingerprint density at radius 3 is 1.97 bits per heavy atom. The van der Waals surface area contributed by atoms with Crippen LogP contribution in [-0.4, -0.2) is 25.1 Å². The third-order valence-corrected chi connectivity index (χ3v) is 6.42. The van der Waals surface area contributed by atoms with Crippen molar-refractivity contribution >= 4 is 23.2 Å². The van der Waals surface area contributed by atoms with Crippen molar-refractivity contribution in [3.63, 3.8) is 0 Å². The van der Waals surface area contributed by atoms with Crippen molar-refractivity contribution in [3.05, 3.63) is 107 Å². The van der Waals surface area contributed by atoms with E-state index in [1.165, 1.54) is 18.4 Å². The van der Waals surface area contributed by atoms with Crippen molar-refractivity contribution in [2.45, 2.75) is 45.1 Å². The van der Waals surface area contributed by atoms with Gasteiger partial charge >= 0.3 is 6.03 Å². The zero-order valence-electron chi connectivity index (χ0n) is 20.9. The van der Waals surface area contributed by atoms with E-state index in [1.807, 2.05) is 66.7 Å². The molecule has 1 aliphatic carbocycles. The van der Waals surface area contributed by atoms with Crippen LogP contribution in [0.1, 0.15) is 50.2 Å². The van der Waals surface area contributed by atoms with Gasteiger partial charge in [0.15, 0.2) is 0 Å². The third-order valence-electron chi connectivity index (χ3n) is 6.42. The number of rotatable bonds is 6. The summed E-state index contributed by atoms with van der Waals surface area (Å²) < 4.78 is 5.51. The van der Waals surface area contributed by atoms with Crippen molar-refractivity contribution in [2.24, 2.45) is 0 Å². The zero-order valence-corrected chi connectivity index (χ0v) is 20.9. The van der Waals surface area contributed by atoms with E-state index >= 15 is 0 Å². The molecule has 1 saturated carbocycles. The van der Waals surface area contributed by atoms with Gasteiger partial charge in [0.25, 0.3) is 5.91 Å². The molecular formula is C31H32N2O3. The molecule has 1 fully saturated rings. The van der Waals surface area contributed by atoms with Gasteiger partial charge in [-0.2, -0.15) is 0 Å². The maximum Gasteiger partial charge on any atom is 0.329 e. The number of para-hydroxylation sites is 2. The van der Waals surface area contributed by atoms with E-state index in [9.17, 15) is 9.59 Å². The van der Waals surface area contributed by atoms with E-state index in [1.54, 1.807) is 25.1 Å². The Kier molecular flexibility index (Phi) is 8.38. The summed E-state index contributed by atoms with van der Waals surface area (Å²) in [4.78, 5) is 28.6. The van der Waals surface area contributed by atoms with E-state index in [-0.39, 0.29) is 6.04 Å². The topological polar surface area (TPSA) is 58.6 Å². The average Bonchev–Trinajstić information content (AvgIpc) is 2.93. The number of hydrogen-bond acceptors (Lipinski definition) is 3. The summed E-state index contributed by atoms with van der Waals surface area (Å²) in [6.45, 7) is 1.70. The smallest absolute Gasteiger partial charge is 0.329 e. The molecule has 5 nitrogen and oxygen atoms in total. The van der Waals surface area contributed by atoms with Crippen molar-refractivity contribution in [1.82, 2.24) is 5.32 Å². The monoisotopic (exact) mass is 480 g/mol. The molecule has 0 aromatic heterocycles. The van der Waals surface area contributed by atoms with Gasteiger partial charge in [0, 0.05) is 11.6 Å². The summed E-state index contributed by atoms with van der Waals surface area (Å²) in [6.07, 6.45) is 5.16. The van der Waals surface area contributed by atoms with Gasteiger partial charge in [-0.3, -0.25) is 4.79 Å². The summed E-state index contributed by atoms with van der Waals surface area (Å²) in [7, 11) is 1.53. The number of hydrogen-bond donors (Lipinski definition) is 1. The minimum atomic E-state index is -0.447. The van der Waals surface area contributed by atoms with Gasteiger partial charge in [-0.05, 0) is 43.0 Å². The predicted molar refractivity (Wildman–Crippen MR) is 144 cm³/mol. The molecule has 184 valence electrons. The van der Waals surface area contributed by atoms with Crippen molar-refractivity contribution in [2.75, 3.05) is 12.0 Å². The van der Waals surface area contributed by atoms with Gasteiger partial charge in [-0.1, -0.05) is 92.1 Å². The molecule has 1 N–H and O–H groups in total. The largest absolute Gasteiger partial charge is 0.495 e. The third kappa shape index (κ3) is 5.94. The molecule has 3 aromatic rings. The first-order valence-corrected chi connectivity index (χ1v) is 12.4. The molecule has 0 bridgehead atoms. The molecule has 5 heteroatoms. The van der Waals surface area contributed by atoms with Crippen LogP contribution in [0.3, 0.4) is 0 Å². The second-order valence-electron chi connectivity index (χ2n) is 8.95. The quantitative estimate of drug-likeness (QED) is 0.314. The number of benzene rings is 3. The van der Waals surface area contributed by atoms with Gasteiger partial charge in [0.1, 0.15) is 5.75 Å². The minimum Gasteiger partial charge on any atom is -0.495 e. The van der Waals surface area contributed by atoms with Gasteiger partial charge in [0.05, 0.1) is 18.4 Å². The molecule has 0 heterocycles. The van der Waals surface area contributed by atoms with Crippen molar-refractivity contribution in [3.8, 4) is 5.75 Å². The van der Waals surface area contributed by atoms with Gasteiger partial charge in [-0.25, -0.2) is 9.69 Å². The highest BCUT2D eigenvalue weighted by molar-refractivity contribution is 6.21. The molecule has 0 radical (unpaired) electrons. The molecule has 0 unspecified atom stereocenters. The lowest BCUT2D eigenvalue weighted by molar-refractivity contribution is -0.114. The lowest BCUT2D eigenvalue weighted by atomic mass is 9.96. The number of methoxy groups -OCH3 is 1. The number of anilines is 1. The standard InChI is InChI=1S/C31H32N2O3/c1-23(22-27(24-14-6-3-7-15-24)25-16-8-4-9-17-25)30(34)33(28-20-12-13-21-29(28)36-2)31(35)32-26-18-10-5-11-19-26/h3-4,6-9,12-17,20-21,26H,5,10-11,18-19H2,1-2H3,(H,32,35). The van der Waals surface area contributed by atoms with Gasteiger partial charge in [0.2, 0.25) is 0 Å². The lowest BCUT2D eigenvalue weighted by Crippen LogP contribution is -2.48. The molecule has 36 heavy (non-hydrogen) atoms. The highest BCUT2D eigenvalue weighted by atomic mass is 16.5. The zero-order chi connectivity index (χ0) is 25.3. The van der Waals surface area contributed by atoms with E-state index in [2.05, 4.69) is 11.0 Å². The molecular weight excluding hydrogens is 448 g/mol. The second kappa shape index (κ2) is 12.1. The van der Waals surface area contributed by atoms with Crippen LogP contribution >= 0.6 is 0 Å². The highest BCUT2D eigenvalue weighted by Crippen LogP contribution is 2.30. The van der Waals surface area contributed by atoms with Crippen LogP contribution in [0.25, 0.3) is 5.57 Å². The van der Waals surface area contributed by atoms with E-state index in [0.29, 0.717) is 17.0 Å². The van der Waals surface area contributed by atoms with Crippen molar-refractivity contribution < 1.29 is 14.3 Å². The molecule has 1 aliphatic rings. The molecule has 0 saturated heterocycles. The molecule has 3 amide bonds. The van der Waals surface area contributed by atoms with E-state index in [4.69, 9.17) is 4.74 Å². The Hall–Kier alpha value is -4.08. The van der Waals surface area contributed by atoms with Gasteiger partial charge in [-0.15, -0.1) is 5.73 Å². The molecule has 3 aromatic carbocycles. The summed E-state index contributed by atoms with van der Waals surface area (Å²) in [6, 6.07) is 26.4. The van der Waals surface area contributed by atoms with Crippen molar-refractivity contribution in [1.29, 1.82) is 0 Å². The van der Waals surface area contributed by atoms with Crippen LogP contribution in [0.15, 0.2) is 96.2 Å². The highest BCUT2D eigenvalue weighted by Gasteiger charge is 2.29. The van der Waals surface area contributed by atoms with E-state index < -0.39 is 11.9 Å². The number of urea groups is 1. The Morgan fingerprint density at radius 2 is 1.39 bits per heavy atom. The van der Waals surface area contributed by atoms with Crippen LogP contribution in [0.5, 0.6) is 5.75 Å². The predicted octanol–water partition coefficient (Wildman–Crippen LogP) is 6.75. The van der Waals surface area contributed by atoms with E-state index in [0.717, 1.165) is 42.4 Å². The lowest BCUT2D eigenvalue weighted by Gasteiger charge is -2.28. The number of nitrogens with one attached hydrogen (secondary N) is 1. The molecule has 4 rings (SSSR count). The molecule has 0 aliphatic heterocycles. The van der Waals surface area contributed by atoms with Crippen LogP contribution in [0, 0.1) is 0 Å². The minimum absolute atomic E-state index is 0.0558. The van der Waals surface area contributed by atoms with Gasteiger partial charge < -0.3 is 10.1 Å². The number of carbonyl (C=O) groups is 2. The number of ether oxygens (including phenoxy) is 1. The van der Waals surface area contributed by atoms with Crippen LogP contribution in [0.2, 0.25) is 0 Å². The summed E-state index contributed by atoms with van der Waals surface area (Å²) in [5, 5.41) is 3.08. The number of carbonyl (C=O) groups excluding carboxylic acids is 2. The fourth-order valence-corrected chi connectivity index (χ4v) is 4.54. The van der Waals surface area contributed by atoms with Crippen LogP contribution < -0.4 is 15.0 Å². The number of nitrogens with zero attached hydrogens (tertiary/aromatic N) is 1. The first-order chi connectivity index (χ1) is 17.6.